The van der Waals surface area contributed by atoms with Crippen molar-refractivity contribution >= 4 is 5.95 Å². The minimum absolute atomic E-state index is 0.125. The molecule has 2 rings (SSSR count). The Labute approximate surface area is 125 Å². The Kier molecular flexibility index (Phi) is 5.37. The summed E-state index contributed by atoms with van der Waals surface area (Å²) in [7, 11) is 0. The van der Waals surface area contributed by atoms with Crippen LogP contribution in [0.1, 0.15) is 26.3 Å². The van der Waals surface area contributed by atoms with Crippen LogP contribution in [0.15, 0.2) is 36.7 Å². The van der Waals surface area contributed by atoms with Crippen LogP contribution in [0.25, 0.3) is 0 Å². The molecule has 0 aliphatic rings. The van der Waals surface area contributed by atoms with E-state index >= 15 is 0 Å². The number of ether oxygens (including phenoxy) is 2. The van der Waals surface area contributed by atoms with E-state index in [0.29, 0.717) is 19.1 Å². The molecule has 0 bridgehead atoms. The van der Waals surface area contributed by atoms with Crippen LogP contribution in [-0.2, 0) is 6.54 Å². The summed E-state index contributed by atoms with van der Waals surface area (Å²) < 4.78 is 11.3. The molecule has 0 saturated carbocycles. The number of anilines is 1. The van der Waals surface area contributed by atoms with Crippen molar-refractivity contribution in [1.82, 2.24) is 9.97 Å². The first-order chi connectivity index (χ1) is 10.2. The van der Waals surface area contributed by atoms with Crippen LogP contribution >= 0.6 is 0 Å². The second kappa shape index (κ2) is 7.47. The average Bonchev–Trinajstić information content (AvgIpc) is 2.46. The molecule has 0 spiro atoms. The Morgan fingerprint density at radius 2 is 1.81 bits per heavy atom. The Morgan fingerprint density at radius 1 is 1.10 bits per heavy atom. The molecule has 0 aliphatic carbocycles. The van der Waals surface area contributed by atoms with Gasteiger partial charge < -0.3 is 14.8 Å². The molecule has 5 nitrogen and oxygen atoms in total. The van der Waals surface area contributed by atoms with Gasteiger partial charge in [-0.3, -0.25) is 0 Å². The molecule has 1 heterocycles. The Morgan fingerprint density at radius 3 is 2.48 bits per heavy atom. The lowest BCUT2D eigenvalue weighted by Crippen LogP contribution is -2.08. The predicted octanol–water partition coefficient (Wildman–Crippen LogP) is 3.27. The first kappa shape index (κ1) is 15.1. The van der Waals surface area contributed by atoms with Gasteiger partial charge in [-0.15, -0.1) is 0 Å². The van der Waals surface area contributed by atoms with Crippen LogP contribution in [0.3, 0.4) is 0 Å². The highest BCUT2D eigenvalue weighted by Gasteiger charge is 2.05. The van der Waals surface area contributed by atoms with Crippen molar-refractivity contribution < 1.29 is 9.47 Å². The van der Waals surface area contributed by atoms with Crippen molar-refractivity contribution in [1.29, 1.82) is 0 Å². The van der Waals surface area contributed by atoms with Gasteiger partial charge in [-0.2, -0.15) is 0 Å². The summed E-state index contributed by atoms with van der Waals surface area (Å²) in [6.07, 6.45) is 3.54. The molecule has 0 atom stereocenters. The molecular formula is C16H21N3O2. The number of hydrogen-bond donors (Lipinski definition) is 1. The zero-order valence-electron chi connectivity index (χ0n) is 12.7. The van der Waals surface area contributed by atoms with E-state index < -0.39 is 0 Å². The van der Waals surface area contributed by atoms with Crippen molar-refractivity contribution in [3.8, 4) is 11.5 Å². The van der Waals surface area contributed by atoms with Gasteiger partial charge in [0.05, 0.1) is 12.7 Å². The van der Waals surface area contributed by atoms with E-state index in [-0.39, 0.29) is 6.10 Å². The molecule has 0 fully saturated rings. The maximum Gasteiger partial charge on any atom is 0.222 e. The lowest BCUT2D eigenvalue weighted by atomic mass is 10.2. The maximum absolute atomic E-state index is 5.75. The summed E-state index contributed by atoms with van der Waals surface area (Å²) in [4.78, 5) is 8.28. The van der Waals surface area contributed by atoms with Crippen molar-refractivity contribution in [2.75, 3.05) is 11.9 Å². The normalized spacial score (nSPS) is 10.5. The highest BCUT2D eigenvalue weighted by molar-refractivity contribution is 5.40. The van der Waals surface area contributed by atoms with Gasteiger partial charge in [-0.25, -0.2) is 9.97 Å². The zero-order valence-corrected chi connectivity index (χ0v) is 12.7. The highest BCUT2D eigenvalue weighted by Crippen LogP contribution is 2.24. The summed E-state index contributed by atoms with van der Waals surface area (Å²) >= 11 is 0. The second-order valence-electron chi connectivity index (χ2n) is 4.84. The van der Waals surface area contributed by atoms with E-state index in [1.54, 1.807) is 18.5 Å². The minimum atomic E-state index is 0.125. The van der Waals surface area contributed by atoms with Crippen molar-refractivity contribution in [2.24, 2.45) is 0 Å². The van der Waals surface area contributed by atoms with Crippen LogP contribution in [0.5, 0.6) is 11.5 Å². The topological polar surface area (TPSA) is 56.3 Å². The first-order valence-electron chi connectivity index (χ1n) is 7.11. The standard InChI is InChI=1S/C16H21N3O2/c1-4-20-14-8-13(9-15(10-14)21-12(2)3)11-19-16-17-6-5-7-18-16/h5-10,12H,4,11H2,1-3H3,(H,17,18,19). The third-order valence-corrected chi connectivity index (χ3v) is 2.64. The van der Waals surface area contributed by atoms with Crippen LogP contribution in [0.4, 0.5) is 5.95 Å². The number of aromatic nitrogens is 2. The lowest BCUT2D eigenvalue weighted by molar-refractivity contribution is 0.240. The molecule has 0 unspecified atom stereocenters. The molecule has 0 aliphatic heterocycles. The quantitative estimate of drug-likeness (QED) is 0.847. The fraction of sp³-hybridized carbons (Fsp3) is 0.375. The van der Waals surface area contributed by atoms with E-state index in [4.69, 9.17) is 9.47 Å². The van der Waals surface area contributed by atoms with E-state index in [0.717, 1.165) is 17.1 Å². The summed E-state index contributed by atoms with van der Waals surface area (Å²) in [5, 5.41) is 3.18. The van der Waals surface area contributed by atoms with Gasteiger partial charge in [0.15, 0.2) is 0 Å². The van der Waals surface area contributed by atoms with E-state index in [2.05, 4.69) is 15.3 Å². The summed E-state index contributed by atoms with van der Waals surface area (Å²) in [5.41, 5.74) is 1.06. The van der Waals surface area contributed by atoms with Gasteiger partial charge in [-0.1, -0.05) is 0 Å². The fourth-order valence-corrected chi connectivity index (χ4v) is 1.89. The molecule has 0 saturated heterocycles. The molecule has 0 radical (unpaired) electrons. The summed E-state index contributed by atoms with van der Waals surface area (Å²) in [6, 6.07) is 7.69. The summed E-state index contributed by atoms with van der Waals surface area (Å²) in [5.74, 6) is 2.22. The highest BCUT2D eigenvalue weighted by atomic mass is 16.5. The average molecular weight is 287 g/mol. The summed E-state index contributed by atoms with van der Waals surface area (Å²) in [6.45, 7) is 7.21. The minimum Gasteiger partial charge on any atom is -0.494 e. The van der Waals surface area contributed by atoms with Crippen molar-refractivity contribution in [3.05, 3.63) is 42.2 Å². The fourth-order valence-electron chi connectivity index (χ4n) is 1.89. The Balaban J connectivity index is 2.11. The number of nitrogens with zero attached hydrogens (tertiary/aromatic N) is 2. The van der Waals surface area contributed by atoms with E-state index in [1.165, 1.54) is 0 Å². The number of benzene rings is 1. The van der Waals surface area contributed by atoms with Crippen molar-refractivity contribution in [2.45, 2.75) is 33.4 Å². The van der Waals surface area contributed by atoms with Gasteiger partial charge in [0.2, 0.25) is 5.95 Å². The lowest BCUT2D eigenvalue weighted by Gasteiger charge is -2.14. The van der Waals surface area contributed by atoms with Gasteiger partial charge >= 0.3 is 0 Å². The van der Waals surface area contributed by atoms with Crippen LogP contribution < -0.4 is 14.8 Å². The van der Waals surface area contributed by atoms with Gasteiger partial charge in [0.25, 0.3) is 0 Å². The van der Waals surface area contributed by atoms with Crippen LogP contribution in [0, 0.1) is 0 Å². The monoisotopic (exact) mass is 287 g/mol. The second-order valence-corrected chi connectivity index (χ2v) is 4.84. The van der Waals surface area contributed by atoms with Gasteiger partial charge in [-0.05, 0) is 44.5 Å². The third-order valence-electron chi connectivity index (χ3n) is 2.64. The molecule has 2 aromatic rings. The molecule has 1 N–H and O–H groups in total. The molecule has 112 valence electrons. The van der Waals surface area contributed by atoms with E-state index in [9.17, 15) is 0 Å². The molecule has 1 aromatic carbocycles. The molecule has 21 heavy (non-hydrogen) atoms. The van der Waals surface area contributed by atoms with Crippen molar-refractivity contribution in [3.63, 3.8) is 0 Å². The molecule has 1 aromatic heterocycles. The Hall–Kier alpha value is -2.30. The van der Waals surface area contributed by atoms with Crippen LogP contribution in [0.2, 0.25) is 0 Å². The van der Waals surface area contributed by atoms with Crippen LogP contribution in [-0.4, -0.2) is 22.7 Å². The maximum atomic E-state index is 5.75. The molecule has 5 heteroatoms. The van der Waals surface area contributed by atoms with E-state index in [1.807, 2.05) is 39.0 Å². The smallest absolute Gasteiger partial charge is 0.222 e. The molecule has 0 amide bonds. The number of nitrogens with one attached hydrogen (secondary N) is 1. The molecular weight excluding hydrogens is 266 g/mol. The van der Waals surface area contributed by atoms with Gasteiger partial charge in [0, 0.05) is 25.0 Å². The van der Waals surface area contributed by atoms with Gasteiger partial charge in [0.1, 0.15) is 11.5 Å². The first-order valence-corrected chi connectivity index (χ1v) is 7.11. The Bertz CT molecular complexity index is 559. The number of hydrogen-bond acceptors (Lipinski definition) is 5. The predicted molar refractivity (Wildman–Crippen MR) is 82.7 cm³/mol. The third kappa shape index (κ3) is 4.95. The number of rotatable bonds is 7. The zero-order chi connectivity index (χ0) is 15.1. The largest absolute Gasteiger partial charge is 0.494 e. The SMILES string of the molecule is CCOc1cc(CNc2ncccn2)cc(OC(C)C)c1.